The van der Waals surface area contributed by atoms with E-state index in [1.165, 1.54) is 40.5 Å². The summed E-state index contributed by atoms with van der Waals surface area (Å²) in [5, 5.41) is 14.1. The van der Waals surface area contributed by atoms with Crippen molar-refractivity contribution in [1.29, 1.82) is 0 Å². The molecule has 5 aromatic rings. The molecule has 3 aromatic carbocycles. The molecule has 12 heteroatoms. The summed E-state index contributed by atoms with van der Waals surface area (Å²) < 4.78 is 8.00. The topological polar surface area (TPSA) is 124 Å². The van der Waals surface area contributed by atoms with Crippen LogP contribution in [0.25, 0.3) is 0 Å². The minimum atomic E-state index is -0.793. The number of carbonyl (C=O) groups excluding carboxylic acids is 2. The number of amides is 1. The Morgan fingerprint density at radius 2 is 1.47 bits per heavy atom. The Kier molecular flexibility index (Phi) is 9.33. The lowest BCUT2D eigenvalue weighted by molar-refractivity contribution is -0.642. The standard InChI is InChI=1S/C33H33N7O4S/c1-32(2,3)44-28(41)20-39-23-40(22-34-39)37-30(42)29(38-43-4)27-21-45-31(35-27)36-33(24-14-8-5-9-15-24,25-16-10-6-11-17-25)26-18-12-7-13-19-26/h5-19,21-23H,20H2,1-4H3,(H-,35,36,37,42)/p+1/b38-29-. The van der Waals surface area contributed by atoms with E-state index in [1.807, 2.05) is 54.6 Å². The lowest BCUT2D eigenvalue weighted by Crippen LogP contribution is -2.49. The number of rotatable bonds is 11. The first-order chi connectivity index (χ1) is 21.7. The number of anilines is 1. The van der Waals surface area contributed by atoms with Gasteiger partial charge in [0.15, 0.2) is 10.8 Å². The number of esters is 1. The lowest BCUT2D eigenvalue weighted by atomic mass is 9.77. The molecule has 2 aromatic heterocycles. The smallest absolute Gasteiger partial charge is 0.344 e. The highest BCUT2D eigenvalue weighted by Gasteiger charge is 2.37. The average molecular weight is 625 g/mol. The first kappa shape index (κ1) is 31.1. The molecule has 1 amide bonds. The van der Waals surface area contributed by atoms with Crippen molar-refractivity contribution in [1.82, 2.24) is 14.8 Å². The van der Waals surface area contributed by atoms with E-state index in [-0.39, 0.29) is 12.3 Å². The van der Waals surface area contributed by atoms with Crippen LogP contribution in [-0.2, 0) is 31.2 Å². The maximum Gasteiger partial charge on any atom is 0.344 e. The molecular formula is C33H34N7O4S+. The summed E-state index contributed by atoms with van der Waals surface area (Å²) in [6.45, 7) is 5.24. The van der Waals surface area contributed by atoms with Crippen molar-refractivity contribution < 1.29 is 23.8 Å². The van der Waals surface area contributed by atoms with E-state index in [0.29, 0.717) is 10.8 Å². The zero-order valence-corrected chi connectivity index (χ0v) is 26.2. The summed E-state index contributed by atoms with van der Waals surface area (Å²) in [7, 11) is 1.36. The molecule has 0 aliphatic heterocycles. The van der Waals surface area contributed by atoms with Gasteiger partial charge in [-0.3, -0.25) is 4.79 Å². The molecule has 0 saturated carbocycles. The Balaban J connectivity index is 1.43. The lowest BCUT2D eigenvalue weighted by Gasteiger charge is -2.36. The maximum atomic E-state index is 13.4. The van der Waals surface area contributed by atoms with Crippen molar-refractivity contribution in [2.24, 2.45) is 5.16 Å². The van der Waals surface area contributed by atoms with Crippen LogP contribution >= 0.6 is 11.3 Å². The number of ether oxygens (including phenoxy) is 1. The molecule has 0 atom stereocenters. The molecule has 0 spiro atoms. The number of hydrogen-bond acceptors (Lipinski definition) is 9. The van der Waals surface area contributed by atoms with Gasteiger partial charge in [0.05, 0.1) is 0 Å². The largest absolute Gasteiger partial charge is 0.458 e. The Hall–Kier alpha value is -5.36. The van der Waals surface area contributed by atoms with Crippen LogP contribution < -0.4 is 15.4 Å². The molecule has 0 bridgehead atoms. The molecule has 5 rings (SSSR count). The van der Waals surface area contributed by atoms with E-state index in [4.69, 9.17) is 14.6 Å². The van der Waals surface area contributed by atoms with Crippen molar-refractivity contribution in [3.05, 3.63) is 131 Å². The van der Waals surface area contributed by atoms with E-state index in [0.717, 1.165) is 16.7 Å². The molecule has 2 heterocycles. The molecule has 45 heavy (non-hydrogen) atoms. The van der Waals surface area contributed by atoms with Gasteiger partial charge in [0.1, 0.15) is 23.9 Å². The van der Waals surface area contributed by atoms with Crippen molar-refractivity contribution in [3.63, 3.8) is 0 Å². The third-order valence-corrected chi connectivity index (χ3v) is 7.34. The van der Waals surface area contributed by atoms with Gasteiger partial charge in [-0.05, 0) is 37.5 Å². The number of benzene rings is 3. The minimum Gasteiger partial charge on any atom is -0.458 e. The molecule has 0 saturated heterocycles. The second-order valence-corrected chi connectivity index (χ2v) is 11.9. The van der Waals surface area contributed by atoms with E-state index >= 15 is 0 Å². The fourth-order valence-electron chi connectivity index (χ4n) is 4.82. The van der Waals surface area contributed by atoms with Crippen molar-refractivity contribution in [2.45, 2.75) is 38.5 Å². The minimum absolute atomic E-state index is 0.0427. The number of nitrogens with one attached hydrogen (secondary N) is 2. The van der Waals surface area contributed by atoms with Crippen molar-refractivity contribution in [3.8, 4) is 0 Å². The fraction of sp³-hybridized carbons (Fsp3) is 0.212. The predicted octanol–water partition coefficient (Wildman–Crippen LogP) is 4.49. The van der Waals surface area contributed by atoms with Gasteiger partial charge in [-0.2, -0.15) is 0 Å². The Morgan fingerprint density at radius 3 is 1.98 bits per heavy atom. The SMILES string of the molecule is CO/N=C(\C(=O)N[n+]1cnn(CC(=O)OC(C)(C)C)c1)c1csc(NC(c2ccccc2)(c2ccccc2)c2ccccc2)n1. The molecule has 0 unspecified atom stereocenters. The number of nitrogens with zero attached hydrogens (tertiary/aromatic N) is 5. The molecular weight excluding hydrogens is 590 g/mol. The van der Waals surface area contributed by atoms with Crippen LogP contribution in [0.1, 0.15) is 43.2 Å². The van der Waals surface area contributed by atoms with Crippen LogP contribution in [0.5, 0.6) is 0 Å². The van der Waals surface area contributed by atoms with Crippen molar-refractivity contribution in [2.75, 3.05) is 17.9 Å². The maximum absolute atomic E-state index is 13.4. The van der Waals surface area contributed by atoms with E-state index in [9.17, 15) is 9.59 Å². The van der Waals surface area contributed by atoms with Crippen LogP contribution in [0.2, 0.25) is 0 Å². The Bertz CT molecular complexity index is 1670. The summed E-state index contributed by atoms with van der Waals surface area (Å²) in [5.74, 6) is -1.04. The number of thiazole rings is 1. The first-order valence-electron chi connectivity index (χ1n) is 14.2. The number of oxime groups is 1. The summed E-state index contributed by atoms with van der Waals surface area (Å²) in [4.78, 5) is 35.3. The second-order valence-electron chi connectivity index (χ2n) is 11.0. The summed E-state index contributed by atoms with van der Waals surface area (Å²) >= 11 is 1.34. The van der Waals surface area contributed by atoms with Gasteiger partial charge in [0, 0.05) is 10.5 Å². The zero-order chi connectivity index (χ0) is 31.9. The number of carbonyl (C=O) groups is 2. The van der Waals surface area contributed by atoms with Gasteiger partial charge >= 0.3 is 11.9 Å². The van der Waals surface area contributed by atoms with Gasteiger partial charge in [-0.25, -0.2) is 15.2 Å². The second kappa shape index (κ2) is 13.5. The van der Waals surface area contributed by atoms with Crippen LogP contribution in [0.15, 0.2) is 114 Å². The Morgan fingerprint density at radius 1 is 0.911 bits per heavy atom. The third-order valence-electron chi connectivity index (χ3n) is 6.58. The average Bonchev–Trinajstić information content (AvgIpc) is 3.68. The van der Waals surface area contributed by atoms with Gasteiger partial charge in [0.2, 0.25) is 12.9 Å². The van der Waals surface area contributed by atoms with Crippen LogP contribution in [0.4, 0.5) is 5.13 Å². The Labute approximate surface area is 265 Å². The van der Waals surface area contributed by atoms with E-state index < -0.39 is 23.0 Å². The summed E-state index contributed by atoms with van der Waals surface area (Å²) in [5.41, 5.74) is 4.58. The highest BCUT2D eigenvalue weighted by molar-refractivity contribution is 7.14. The van der Waals surface area contributed by atoms with E-state index in [1.54, 1.807) is 26.2 Å². The zero-order valence-electron chi connectivity index (χ0n) is 25.4. The third kappa shape index (κ3) is 7.42. The molecule has 0 fully saturated rings. The summed E-state index contributed by atoms with van der Waals surface area (Å²) in [6, 6.07) is 30.4. The molecule has 0 aliphatic carbocycles. The van der Waals surface area contributed by atoms with Gasteiger partial charge in [-0.1, -0.05) is 96.2 Å². The quantitative estimate of drug-likeness (QED) is 0.0730. The normalized spacial score (nSPS) is 12.0. The highest BCUT2D eigenvalue weighted by atomic mass is 32.1. The molecule has 230 valence electrons. The predicted molar refractivity (Wildman–Crippen MR) is 171 cm³/mol. The molecule has 11 nitrogen and oxygen atoms in total. The van der Waals surface area contributed by atoms with Gasteiger partial charge < -0.3 is 14.9 Å². The van der Waals surface area contributed by atoms with Crippen LogP contribution in [0.3, 0.4) is 0 Å². The first-order valence-corrected chi connectivity index (χ1v) is 15.0. The number of aromatic nitrogens is 4. The monoisotopic (exact) mass is 624 g/mol. The van der Waals surface area contributed by atoms with Crippen molar-refractivity contribution >= 4 is 34.1 Å². The molecule has 2 N–H and O–H groups in total. The number of hydrogen-bond donors (Lipinski definition) is 2. The van der Waals surface area contributed by atoms with Gasteiger partial charge in [0.25, 0.3) is 6.33 Å². The fourth-order valence-corrected chi connectivity index (χ4v) is 5.57. The van der Waals surface area contributed by atoms with E-state index in [2.05, 4.69) is 57.4 Å². The summed E-state index contributed by atoms with van der Waals surface area (Å²) in [6.07, 6.45) is 2.81. The van der Waals surface area contributed by atoms with Crippen LogP contribution in [-0.4, -0.2) is 45.1 Å². The van der Waals surface area contributed by atoms with Gasteiger partial charge in [-0.15, -0.1) is 20.7 Å². The van der Waals surface area contributed by atoms with Crippen LogP contribution in [0, 0.1) is 0 Å². The molecule has 0 aliphatic rings. The molecule has 0 radical (unpaired) electrons. The highest BCUT2D eigenvalue weighted by Crippen LogP contribution is 2.40.